The highest BCUT2D eigenvalue weighted by atomic mass is 16.4. The Morgan fingerprint density at radius 1 is 1.32 bits per heavy atom. The molecule has 2 N–H and O–H groups in total. The summed E-state index contributed by atoms with van der Waals surface area (Å²) >= 11 is 0. The maximum absolute atomic E-state index is 12.3. The first-order valence-electron chi connectivity index (χ1n) is 8.01. The first-order chi connectivity index (χ1) is 10.5. The standard InChI is InChI=1S/C16H22N2O4/c1-10-12(22-14(18-10)11-5-6-11)13(19)17-9-16(15(20)21)7-3-2-4-8-16/h11H,2-9H2,1H3,(H,17,19)(H,20,21). The molecular weight excluding hydrogens is 284 g/mol. The fourth-order valence-corrected chi connectivity index (χ4v) is 3.16. The molecule has 6 nitrogen and oxygen atoms in total. The van der Waals surface area contributed by atoms with Gasteiger partial charge in [-0.25, -0.2) is 4.98 Å². The molecule has 1 heterocycles. The molecule has 2 fully saturated rings. The maximum atomic E-state index is 12.3. The van der Waals surface area contributed by atoms with Crippen LogP contribution in [0.5, 0.6) is 0 Å². The maximum Gasteiger partial charge on any atom is 0.311 e. The minimum absolute atomic E-state index is 0.153. The Morgan fingerprint density at radius 3 is 2.59 bits per heavy atom. The van der Waals surface area contributed by atoms with Crippen LogP contribution in [0.2, 0.25) is 0 Å². The van der Waals surface area contributed by atoms with Gasteiger partial charge in [0.2, 0.25) is 5.76 Å². The number of aryl methyl sites for hydroxylation is 1. The van der Waals surface area contributed by atoms with Gasteiger partial charge in [0.05, 0.1) is 11.1 Å². The summed E-state index contributed by atoms with van der Waals surface area (Å²) in [6, 6.07) is 0. The summed E-state index contributed by atoms with van der Waals surface area (Å²) in [5, 5.41) is 12.3. The molecular formula is C16H22N2O4. The third kappa shape index (κ3) is 2.87. The summed E-state index contributed by atoms with van der Waals surface area (Å²) in [6.07, 6.45) is 6.21. The van der Waals surface area contributed by atoms with Crippen molar-refractivity contribution in [3.63, 3.8) is 0 Å². The largest absolute Gasteiger partial charge is 0.481 e. The molecule has 22 heavy (non-hydrogen) atoms. The number of hydrogen-bond acceptors (Lipinski definition) is 4. The third-order valence-electron chi connectivity index (χ3n) is 4.80. The van der Waals surface area contributed by atoms with Crippen LogP contribution >= 0.6 is 0 Å². The average molecular weight is 306 g/mol. The number of hydrogen-bond donors (Lipinski definition) is 2. The van der Waals surface area contributed by atoms with Crippen molar-refractivity contribution in [1.29, 1.82) is 0 Å². The van der Waals surface area contributed by atoms with Crippen molar-refractivity contribution in [2.75, 3.05) is 6.54 Å². The zero-order chi connectivity index (χ0) is 15.7. The van der Waals surface area contributed by atoms with Crippen molar-refractivity contribution in [2.24, 2.45) is 5.41 Å². The van der Waals surface area contributed by atoms with Gasteiger partial charge < -0.3 is 14.8 Å². The Bertz CT molecular complexity index is 583. The second-order valence-electron chi connectivity index (χ2n) is 6.57. The topological polar surface area (TPSA) is 92.4 Å². The van der Waals surface area contributed by atoms with Gasteiger partial charge in [-0.2, -0.15) is 0 Å². The molecule has 0 aromatic carbocycles. The number of aliphatic carboxylic acids is 1. The molecule has 0 aliphatic heterocycles. The van der Waals surface area contributed by atoms with E-state index in [9.17, 15) is 14.7 Å². The molecule has 2 aliphatic carbocycles. The molecule has 0 unspecified atom stereocenters. The normalized spacial score (nSPS) is 20.6. The highest BCUT2D eigenvalue weighted by molar-refractivity contribution is 5.92. The molecule has 3 rings (SSSR count). The predicted molar refractivity (Wildman–Crippen MR) is 78.7 cm³/mol. The fraction of sp³-hybridized carbons (Fsp3) is 0.688. The van der Waals surface area contributed by atoms with Gasteiger partial charge in [-0.3, -0.25) is 9.59 Å². The average Bonchev–Trinajstić information content (AvgIpc) is 3.28. The van der Waals surface area contributed by atoms with Crippen molar-refractivity contribution in [3.05, 3.63) is 17.3 Å². The van der Waals surface area contributed by atoms with Crippen LogP contribution in [0.1, 0.15) is 73.0 Å². The number of carboxylic acids is 1. The Kier molecular flexibility index (Phi) is 3.93. The number of nitrogens with one attached hydrogen (secondary N) is 1. The number of carbonyl (C=O) groups is 2. The molecule has 1 aromatic rings. The summed E-state index contributed by atoms with van der Waals surface area (Å²) in [6.45, 7) is 1.90. The van der Waals surface area contributed by atoms with Crippen LogP contribution < -0.4 is 5.32 Å². The number of oxazole rings is 1. The number of nitrogens with zero attached hydrogens (tertiary/aromatic N) is 1. The van der Waals surface area contributed by atoms with Gasteiger partial charge in [-0.15, -0.1) is 0 Å². The van der Waals surface area contributed by atoms with E-state index in [1.54, 1.807) is 6.92 Å². The Balaban J connectivity index is 1.67. The summed E-state index contributed by atoms with van der Waals surface area (Å²) in [4.78, 5) is 28.2. The van der Waals surface area contributed by atoms with Crippen molar-refractivity contribution in [2.45, 2.75) is 57.8 Å². The molecule has 0 saturated heterocycles. The molecule has 1 aromatic heterocycles. The van der Waals surface area contributed by atoms with Crippen LogP contribution in [0.15, 0.2) is 4.42 Å². The Labute approximate surface area is 129 Å². The quantitative estimate of drug-likeness (QED) is 0.872. The van der Waals surface area contributed by atoms with Gasteiger partial charge in [-0.1, -0.05) is 19.3 Å². The van der Waals surface area contributed by atoms with E-state index in [4.69, 9.17) is 4.42 Å². The zero-order valence-corrected chi connectivity index (χ0v) is 12.9. The monoisotopic (exact) mass is 306 g/mol. The second kappa shape index (κ2) is 5.74. The molecule has 1 amide bonds. The number of rotatable bonds is 5. The molecule has 0 atom stereocenters. The molecule has 2 saturated carbocycles. The van der Waals surface area contributed by atoms with E-state index in [-0.39, 0.29) is 18.2 Å². The van der Waals surface area contributed by atoms with E-state index < -0.39 is 11.4 Å². The van der Waals surface area contributed by atoms with E-state index >= 15 is 0 Å². The van der Waals surface area contributed by atoms with E-state index in [2.05, 4.69) is 10.3 Å². The number of carboxylic acid groups (broad SMARTS) is 1. The first kappa shape index (κ1) is 15.1. The first-order valence-corrected chi connectivity index (χ1v) is 8.01. The molecule has 0 radical (unpaired) electrons. The highest BCUT2D eigenvalue weighted by Gasteiger charge is 2.40. The van der Waals surface area contributed by atoms with Crippen molar-refractivity contribution in [3.8, 4) is 0 Å². The predicted octanol–water partition coefficient (Wildman–Crippen LogP) is 2.63. The van der Waals surface area contributed by atoms with Crippen molar-refractivity contribution < 1.29 is 19.1 Å². The SMILES string of the molecule is Cc1nc(C2CC2)oc1C(=O)NCC1(C(=O)O)CCCCC1. The van der Waals surface area contributed by atoms with Crippen LogP contribution in [0.25, 0.3) is 0 Å². The van der Waals surface area contributed by atoms with E-state index in [1.807, 2.05) is 0 Å². The van der Waals surface area contributed by atoms with Gasteiger partial charge >= 0.3 is 5.97 Å². The van der Waals surface area contributed by atoms with Gasteiger partial charge in [0, 0.05) is 12.5 Å². The van der Waals surface area contributed by atoms with Gasteiger partial charge in [0.1, 0.15) is 0 Å². The molecule has 0 bridgehead atoms. The minimum Gasteiger partial charge on any atom is -0.481 e. The van der Waals surface area contributed by atoms with E-state index in [0.29, 0.717) is 30.3 Å². The fourth-order valence-electron chi connectivity index (χ4n) is 3.16. The van der Waals surface area contributed by atoms with Gasteiger partial charge in [0.15, 0.2) is 5.89 Å². The molecule has 6 heteroatoms. The summed E-state index contributed by atoms with van der Waals surface area (Å²) in [5.41, 5.74) is -0.256. The minimum atomic E-state index is -0.832. The van der Waals surface area contributed by atoms with Crippen LogP contribution in [0.4, 0.5) is 0 Å². The number of aromatic nitrogens is 1. The van der Waals surface area contributed by atoms with Crippen LogP contribution in [0, 0.1) is 12.3 Å². The van der Waals surface area contributed by atoms with Gasteiger partial charge in [0.25, 0.3) is 5.91 Å². The Hall–Kier alpha value is -1.85. The third-order valence-corrected chi connectivity index (χ3v) is 4.80. The van der Waals surface area contributed by atoms with E-state index in [0.717, 1.165) is 32.1 Å². The summed E-state index contributed by atoms with van der Waals surface area (Å²) in [5.74, 6) is 0.0269. The van der Waals surface area contributed by atoms with Gasteiger partial charge in [-0.05, 0) is 32.6 Å². The summed E-state index contributed by atoms with van der Waals surface area (Å²) < 4.78 is 5.56. The lowest BCUT2D eigenvalue weighted by Gasteiger charge is -2.33. The molecule has 2 aliphatic rings. The molecule has 120 valence electrons. The second-order valence-corrected chi connectivity index (χ2v) is 6.57. The lowest BCUT2D eigenvalue weighted by atomic mass is 9.74. The van der Waals surface area contributed by atoms with E-state index in [1.165, 1.54) is 0 Å². The van der Waals surface area contributed by atoms with Crippen LogP contribution in [-0.2, 0) is 4.79 Å². The van der Waals surface area contributed by atoms with Crippen molar-refractivity contribution >= 4 is 11.9 Å². The Morgan fingerprint density at radius 2 is 2.00 bits per heavy atom. The highest BCUT2D eigenvalue weighted by Crippen LogP contribution is 2.40. The number of amides is 1. The number of carbonyl (C=O) groups excluding carboxylic acids is 1. The van der Waals surface area contributed by atoms with Crippen LogP contribution in [0.3, 0.4) is 0 Å². The molecule has 0 spiro atoms. The lowest BCUT2D eigenvalue weighted by Crippen LogP contribution is -2.44. The summed E-state index contributed by atoms with van der Waals surface area (Å²) in [7, 11) is 0. The smallest absolute Gasteiger partial charge is 0.311 e. The van der Waals surface area contributed by atoms with Crippen molar-refractivity contribution in [1.82, 2.24) is 10.3 Å². The lowest BCUT2D eigenvalue weighted by molar-refractivity contribution is -0.150. The zero-order valence-electron chi connectivity index (χ0n) is 12.9. The van der Waals surface area contributed by atoms with Crippen LogP contribution in [-0.4, -0.2) is 28.5 Å².